The number of carbonyl (C=O) groups excluding carboxylic acids is 1. The summed E-state index contributed by atoms with van der Waals surface area (Å²) in [4.78, 5) is 17.3. The van der Waals surface area contributed by atoms with Gasteiger partial charge in [-0.25, -0.2) is 4.39 Å². The lowest BCUT2D eigenvalue weighted by molar-refractivity contribution is 0.102. The van der Waals surface area contributed by atoms with E-state index in [4.69, 9.17) is 37.4 Å². The van der Waals surface area contributed by atoms with Crippen molar-refractivity contribution in [3.8, 4) is 23.0 Å². The van der Waals surface area contributed by atoms with Gasteiger partial charge in [-0.1, -0.05) is 35.3 Å². The Kier molecular flexibility index (Phi) is 6.74. The maximum Gasteiger partial charge on any atom is 0.256 e. The highest BCUT2D eigenvalue weighted by Crippen LogP contribution is 2.38. The predicted molar refractivity (Wildman–Crippen MR) is 143 cm³/mol. The molecule has 0 unspecified atom stereocenters. The number of methoxy groups -OCH3 is 2. The highest BCUT2D eigenvalue weighted by molar-refractivity contribution is 6.42. The third-order valence-electron chi connectivity index (χ3n) is 5.81. The molecule has 0 saturated heterocycles. The molecule has 0 bridgehead atoms. The molecular formula is C28H19Cl2FN2O4. The highest BCUT2D eigenvalue weighted by Gasteiger charge is 2.18. The van der Waals surface area contributed by atoms with Crippen LogP contribution in [0, 0.1) is 5.82 Å². The summed E-state index contributed by atoms with van der Waals surface area (Å²) in [7, 11) is 3.06. The Labute approximate surface area is 221 Å². The normalized spacial score (nSPS) is 10.9. The Bertz CT molecular complexity index is 1680. The zero-order chi connectivity index (χ0) is 26.1. The molecule has 1 amide bonds. The molecule has 186 valence electrons. The van der Waals surface area contributed by atoms with E-state index in [9.17, 15) is 4.79 Å². The number of pyridine rings is 1. The van der Waals surface area contributed by atoms with E-state index in [0.29, 0.717) is 54.8 Å². The van der Waals surface area contributed by atoms with Gasteiger partial charge in [-0.2, -0.15) is 0 Å². The second-order valence-electron chi connectivity index (χ2n) is 8.00. The number of benzene rings is 4. The van der Waals surface area contributed by atoms with Crippen LogP contribution in [0.2, 0.25) is 10.0 Å². The van der Waals surface area contributed by atoms with E-state index in [0.717, 1.165) is 0 Å². The molecule has 0 atom stereocenters. The van der Waals surface area contributed by atoms with Crippen molar-refractivity contribution < 1.29 is 23.4 Å². The molecule has 1 heterocycles. The minimum Gasteiger partial charge on any atom is -0.493 e. The number of hydrogen-bond acceptors (Lipinski definition) is 5. The number of rotatable bonds is 6. The van der Waals surface area contributed by atoms with Crippen molar-refractivity contribution in [2.75, 3.05) is 19.5 Å². The molecule has 0 radical (unpaired) electrons. The lowest BCUT2D eigenvalue weighted by Crippen LogP contribution is -2.12. The van der Waals surface area contributed by atoms with Gasteiger partial charge in [-0.15, -0.1) is 0 Å². The van der Waals surface area contributed by atoms with Gasteiger partial charge in [0.2, 0.25) is 0 Å². The van der Waals surface area contributed by atoms with Gasteiger partial charge in [0.05, 0.1) is 29.8 Å². The summed E-state index contributed by atoms with van der Waals surface area (Å²) in [6.45, 7) is 0. The van der Waals surface area contributed by atoms with Crippen molar-refractivity contribution in [2.24, 2.45) is 0 Å². The van der Waals surface area contributed by atoms with E-state index in [-0.39, 0.29) is 11.1 Å². The van der Waals surface area contributed by atoms with Crippen LogP contribution in [0.1, 0.15) is 10.4 Å². The molecule has 4 aromatic carbocycles. The lowest BCUT2D eigenvalue weighted by Gasteiger charge is -2.14. The Hall–Kier alpha value is -4.07. The Morgan fingerprint density at radius 3 is 2.35 bits per heavy atom. The van der Waals surface area contributed by atoms with E-state index in [1.807, 2.05) is 0 Å². The average molecular weight is 537 g/mol. The number of amides is 1. The average Bonchev–Trinajstić information content (AvgIpc) is 2.91. The van der Waals surface area contributed by atoms with Gasteiger partial charge in [-0.3, -0.25) is 9.78 Å². The summed E-state index contributed by atoms with van der Waals surface area (Å²) in [5.41, 5.74) is 1.35. The minimum atomic E-state index is -0.605. The van der Waals surface area contributed by atoms with Crippen LogP contribution in [0.5, 0.6) is 23.0 Å². The van der Waals surface area contributed by atoms with E-state index in [1.54, 1.807) is 66.9 Å². The van der Waals surface area contributed by atoms with Gasteiger partial charge in [0.1, 0.15) is 5.75 Å². The number of hydrogen-bond donors (Lipinski definition) is 1. The number of nitrogens with zero attached hydrogens (tertiary/aromatic N) is 1. The smallest absolute Gasteiger partial charge is 0.256 e. The Balaban J connectivity index is 1.50. The number of aromatic nitrogens is 1. The first-order valence-electron chi connectivity index (χ1n) is 11.1. The van der Waals surface area contributed by atoms with Gasteiger partial charge >= 0.3 is 0 Å². The van der Waals surface area contributed by atoms with E-state index in [2.05, 4.69) is 10.3 Å². The Morgan fingerprint density at radius 1 is 0.811 bits per heavy atom. The Morgan fingerprint density at radius 2 is 1.59 bits per heavy atom. The van der Waals surface area contributed by atoms with E-state index < -0.39 is 11.7 Å². The molecule has 0 aliphatic carbocycles. The van der Waals surface area contributed by atoms with E-state index in [1.165, 1.54) is 20.3 Å². The van der Waals surface area contributed by atoms with Crippen LogP contribution in [0.15, 0.2) is 72.9 Å². The van der Waals surface area contributed by atoms with Crippen LogP contribution >= 0.6 is 23.2 Å². The molecule has 0 spiro atoms. The second kappa shape index (κ2) is 10.1. The number of anilines is 1. The number of halogens is 3. The molecule has 6 nitrogen and oxygen atoms in total. The van der Waals surface area contributed by atoms with Gasteiger partial charge < -0.3 is 19.5 Å². The standard InChI is InChI=1S/C28H19Cl2FN2O4/c1-35-25-13-19-22(14-26(25)36-2)32-11-10-23(19)37-24-9-7-16-17(27(24)31)4-3-5-18(16)28(34)33-15-6-8-20(29)21(30)12-15/h3-14H,1-2H3,(H,33,34). The molecule has 1 aromatic heterocycles. The molecule has 1 N–H and O–H groups in total. The molecule has 0 aliphatic heterocycles. The fourth-order valence-electron chi connectivity index (χ4n) is 4.01. The molecule has 0 aliphatic rings. The van der Waals surface area contributed by atoms with Crippen LogP contribution in [0.25, 0.3) is 21.7 Å². The number of carbonyl (C=O) groups is 1. The number of nitrogens with one attached hydrogen (secondary N) is 1. The van der Waals surface area contributed by atoms with Gasteiger partial charge in [0.15, 0.2) is 23.1 Å². The first kappa shape index (κ1) is 24.6. The monoisotopic (exact) mass is 536 g/mol. The van der Waals surface area contributed by atoms with Crippen LogP contribution < -0.4 is 19.5 Å². The predicted octanol–water partition coefficient (Wildman–Crippen LogP) is 7.90. The largest absolute Gasteiger partial charge is 0.493 e. The van der Waals surface area contributed by atoms with Gasteiger partial charge in [0, 0.05) is 34.3 Å². The fraction of sp³-hybridized carbons (Fsp3) is 0.0714. The number of fused-ring (bicyclic) bond motifs is 2. The van der Waals surface area contributed by atoms with Crippen molar-refractivity contribution in [2.45, 2.75) is 0 Å². The summed E-state index contributed by atoms with van der Waals surface area (Å²) in [5, 5.41) is 4.73. The summed E-state index contributed by atoms with van der Waals surface area (Å²) in [6, 6.07) is 17.8. The third-order valence-corrected chi connectivity index (χ3v) is 6.55. The summed E-state index contributed by atoms with van der Waals surface area (Å²) < 4.78 is 32.3. The summed E-state index contributed by atoms with van der Waals surface area (Å²) >= 11 is 12.0. The molecule has 0 saturated carbocycles. The number of ether oxygens (including phenoxy) is 3. The lowest BCUT2D eigenvalue weighted by atomic mass is 10.0. The maximum absolute atomic E-state index is 15.6. The quantitative estimate of drug-likeness (QED) is 0.239. The first-order chi connectivity index (χ1) is 17.9. The molecule has 5 rings (SSSR count). The third kappa shape index (κ3) is 4.71. The van der Waals surface area contributed by atoms with Crippen molar-refractivity contribution in [3.63, 3.8) is 0 Å². The van der Waals surface area contributed by atoms with Crippen LogP contribution in [0.4, 0.5) is 10.1 Å². The summed E-state index contributed by atoms with van der Waals surface area (Å²) in [5.74, 6) is 0.368. The molecule has 5 aromatic rings. The van der Waals surface area contributed by atoms with Crippen molar-refractivity contribution >= 4 is 56.5 Å². The van der Waals surface area contributed by atoms with Gasteiger partial charge in [0.25, 0.3) is 5.91 Å². The molecule has 0 fully saturated rings. The zero-order valence-corrected chi connectivity index (χ0v) is 21.2. The SMILES string of the molecule is COc1cc2nccc(Oc3ccc4c(C(=O)Nc5ccc(Cl)c(Cl)c5)cccc4c3F)c2cc1OC. The van der Waals surface area contributed by atoms with Crippen LogP contribution in [0.3, 0.4) is 0 Å². The summed E-state index contributed by atoms with van der Waals surface area (Å²) in [6.07, 6.45) is 1.56. The highest BCUT2D eigenvalue weighted by atomic mass is 35.5. The van der Waals surface area contributed by atoms with Crippen LogP contribution in [-0.4, -0.2) is 25.1 Å². The minimum absolute atomic E-state index is 0.00294. The van der Waals surface area contributed by atoms with Crippen molar-refractivity contribution in [3.05, 3.63) is 94.4 Å². The molecule has 37 heavy (non-hydrogen) atoms. The molecular weight excluding hydrogens is 518 g/mol. The molecule has 9 heteroatoms. The maximum atomic E-state index is 15.6. The van der Waals surface area contributed by atoms with Gasteiger partial charge in [-0.05, 0) is 53.9 Å². The fourth-order valence-corrected chi connectivity index (χ4v) is 4.30. The topological polar surface area (TPSA) is 69.7 Å². The van der Waals surface area contributed by atoms with Crippen LogP contribution in [-0.2, 0) is 0 Å². The van der Waals surface area contributed by atoms with Crippen molar-refractivity contribution in [1.82, 2.24) is 4.98 Å². The first-order valence-corrected chi connectivity index (χ1v) is 11.8. The zero-order valence-electron chi connectivity index (χ0n) is 19.6. The van der Waals surface area contributed by atoms with E-state index >= 15 is 4.39 Å². The van der Waals surface area contributed by atoms with Crippen molar-refractivity contribution in [1.29, 1.82) is 0 Å². The second-order valence-corrected chi connectivity index (χ2v) is 8.81.